The van der Waals surface area contributed by atoms with Crippen LogP contribution in [0.3, 0.4) is 0 Å². The molecule has 0 bridgehead atoms. The van der Waals surface area contributed by atoms with Gasteiger partial charge in [-0.1, -0.05) is 11.8 Å². The Hall–Kier alpha value is -2.63. The number of hydrogen-bond donors (Lipinski definition) is 2. The van der Waals surface area contributed by atoms with E-state index in [4.69, 9.17) is 9.88 Å². The van der Waals surface area contributed by atoms with E-state index in [1.54, 1.807) is 26.8 Å². The Labute approximate surface area is 184 Å². The first-order valence-corrected chi connectivity index (χ1v) is 12.2. The van der Waals surface area contributed by atoms with Crippen LogP contribution in [0.25, 0.3) is 11.0 Å². The molecule has 0 amide bonds. The largest absolute Gasteiger partial charge is 0.461 e. The second-order valence-electron chi connectivity index (χ2n) is 6.89. The molecule has 166 valence electrons. The Bertz CT molecular complexity index is 1270. The number of sulfonamides is 1. The summed E-state index contributed by atoms with van der Waals surface area (Å²) in [5.74, 6) is -0.535. The number of Topliss-reactive ketones (excluding diaryl/α,β-unsaturated/α-hetero) is 1. The van der Waals surface area contributed by atoms with Gasteiger partial charge in [0.05, 0.1) is 28.3 Å². The summed E-state index contributed by atoms with van der Waals surface area (Å²) in [5, 5.41) is 5.80. The van der Waals surface area contributed by atoms with E-state index in [1.807, 2.05) is 11.5 Å². The van der Waals surface area contributed by atoms with Crippen molar-refractivity contribution in [1.82, 2.24) is 14.5 Å². The third-order valence-electron chi connectivity index (χ3n) is 4.86. The second kappa shape index (κ2) is 8.85. The highest BCUT2D eigenvalue weighted by Crippen LogP contribution is 2.28. The van der Waals surface area contributed by atoms with Crippen LogP contribution in [-0.4, -0.2) is 47.1 Å². The number of ketones is 1. The van der Waals surface area contributed by atoms with Gasteiger partial charge in [-0.3, -0.25) is 4.79 Å². The number of thioether (sulfide) groups is 1. The Balaban J connectivity index is 1.87. The van der Waals surface area contributed by atoms with Crippen LogP contribution >= 0.6 is 11.8 Å². The van der Waals surface area contributed by atoms with E-state index < -0.39 is 16.0 Å². The van der Waals surface area contributed by atoms with Gasteiger partial charge < -0.3 is 14.3 Å². The molecule has 1 aromatic carbocycles. The minimum atomic E-state index is -3.84. The molecule has 0 saturated heterocycles. The number of hydrogen-bond acceptors (Lipinski definition) is 7. The van der Waals surface area contributed by atoms with Gasteiger partial charge >= 0.3 is 5.97 Å². The van der Waals surface area contributed by atoms with Crippen LogP contribution in [0, 0.1) is 13.8 Å². The average molecular weight is 465 g/mol. The number of nitrogens with zero attached hydrogens (tertiary/aromatic N) is 2. The predicted molar refractivity (Wildman–Crippen MR) is 118 cm³/mol. The highest BCUT2D eigenvalue weighted by atomic mass is 32.2. The zero-order chi connectivity index (χ0) is 22.9. The van der Waals surface area contributed by atoms with Crippen molar-refractivity contribution >= 4 is 44.6 Å². The van der Waals surface area contributed by atoms with Crippen LogP contribution in [0.2, 0.25) is 0 Å². The first kappa shape index (κ1) is 23.0. The van der Waals surface area contributed by atoms with Gasteiger partial charge in [0.1, 0.15) is 5.69 Å². The zero-order valence-corrected chi connectivity index (χ0v) is 19.3. The highest BCUT2D eigenvalue weighted by Gasteiger charge is 2.23. The van der Waals surface area contributed by atoms with E-state index in [1.165, 1.54) is 23.9 Å². The molecule has 2 aromatic heterocycles. The van der Waals surface area contributed by atoms with Crippen molar-refractivity contribution in [3.63, 3.8) is 0 Å². The summed E-state index contributed by atoms with van der Waals surface area (Å²) in [4.78, 5) is 32.4. The number of aromatic nitrogens is 3. The molecular formula is C20H24N4O5S2. The van der Waals surface area contributed by atoms with Crippen molar-refractivity contribution in [2.75, 3.05) is 12.4 Å². The number of benzene rings is 1. The van der Waals surface area contributed by atoms with Crippen molar-refractivity contribution in [2.24, 2.45) is 5.14 Å². The number of rotatable bonds is 8. The molecule has 3 N–H and O–H groups in total. The molecule has 3 rings (SSSR count). The molecular weight excluding hydrogens is 440 g/mol. The van der Waals surface area contributed by atoms with Crippen LogP contribution in [0.5, 0.6) is 0 Å². The fraction of sp³-hybridized carbons (Fsp3) is 0.350. The maximum Gasteiger partial charge on any atom is 0.355 e. The molecule has 2 heterocycles. The summed E-state index contributed by atoms with van der Waals surface area (Å²) in [6.45, 7) is 7.95. The summed E-state index contributed by atoms with van der Waals surface area (Å²) in [5.41, 5.74) is 3.15. The lowest BCUT2D eigenvalue weighted by molar-refractivity contribution is 0.0519. The van der Waals surface area contributed by atoms with Gasteiger partial charge in [0.2, 0.25) is 10.0 Å². The standard InChI is InChI=1S/C20H24N4O5S2/c1-5-24-15-8-7-13(31(21,27)28)9-14(15)23-20(24)30-10-16(25)17-11(3)18(22-12(17)4)19(26)29-6-2/h7-9,22H,5-6,10H2,1-4H3,(H2,21,27,28). The molecule has 0 saturated carbocycles. The molecule has 0 aliphatic rings. The quantitative estimate of drug-likeness (QED) is 0.297. The van der Waals surface area contributed by atoms with Crippen LogP contribution < -0.4 is 5.14 Å². The monoisotopic (exact) mass is 464 g/mol. The molecule has 0 aliphatic carbocycles. The minimum absolute atomic E-state index is 0.0153. The number of fused-ring (bicyclic) bond motifs is 1. The average Bonchev–Trinajstić information content (AvgIpc) is 3.21. The Morgan fingerprint density at radius 2 is 1.97 bits per heavy atom. The predicted octanol–water partition coefficient (Wildman–Crippen LogP) is 2.80. The van der Waals surface area contributed by atoms with E-state index in [9.17, 15) is 18.0 Å². The summed E-state index contributed by atoms with van der Waals surface area (Å²) in [6, 6.07) is 4.52. The van der Waals surface area contributed by atoms with Crippen molar-refractivity contribution in [3.8, 4) is 0 Å². The lowest BCUT2D eigenvalue weighted by atomic mass is 10.1. The van der Waals surface area contributed by atoms with Crippen molar-refractivity contribution in [1.29, 1.82) is 0 Å². The van der Waals surface area contributed by atoms with Gasteiger partial charge in [0, 0.05) is 17.8 Å². The smallest absolute Gasteiger partial charge is 0.355 e. The fourth-order valence-corrected chi connectivity index (χ4v) is 4.94. The number of aromatic amines is 1. The van der Waals surface area contributed by atoms with E-state index in [0.29, 0.717) is 34.0 Å². The number of carbonyl (C=O) groups is 2. The Morgan fingerprint density at radius 1 is 1.26 bits per heavy atom. The van der Waals surface area contributed by atoms with Gasteiger partial charge in [0.15, 0.2) is 10.9 Å². The molecule has 9 nitrogen and oxygen atoms in total. The van der Waals surface area contributed by atoms with Crippen molar-refractivity contribution < 1.29 is 22.7 Å². The molecule has 0 unspecified atom stereocenters. The molecule has 0 atom stereocenters. The maximum atomic E-state index is 12.9. The van der Waals surface area contributed by atoms with Gasteiger partial charge in [-0.15, -0.1) is 0 Å². The van der Waals surface area contributed by atoms with E-state index in [-0.39, 0.29) is 28.7 Å². The van der Waals surface area contributed by atoms with Gasteiger partial charge in [-0.25, -0.2) is 23.3 Å². The third kappa shape index (κ3) is 4.53. The summed E-state index contributed by atoms with van der Waals surface area (Å²) in [6.07, 6.45) is 0. The minimum Gasteiger partial charge on any atom is -0.461 e. The number of nitrogens with two attached hydrogens (primary N) is 1. The Kier molecular flexibility index (Phi) is 6.58. The first-order chi connectivity index (χ1) is 14.6. The maximum absolute atomic E-state index is 12.9. The Morgan fingerprint density at radius 3 is 2.58 bits per heavy atom. The number of esters is 1. The zero-order valence-electron chi connectivity index (χ0n) is 17.7. The lowest BCUT2D eigenvalue weighted by Gasteiger charge is -2.06. The van der Waals surface area contributed by atoms with E-state index in [0.717, 1.165) is 5.52 Å². The van der Waals surface area contributed by atoms with E-state index in [2.05, 4.69) is 9.97 Å². The highest BCUT2D eigenvalue weighted by molar-refractivity contribution is 7.99. The van der Waals surface area contributed by atoms with Crippen molar-refractivity contribution in [2.45, 2.75) is 44.3 Å². The number of imidazole rings is 1. The molecule has 3 aromatic rings. The summed E-state index contributed by atoms with van der Waals surface area (Å²) in [7, 11) is -3.84. The number of nitrogens with one attached hydrogen (secondary N) is 1. The van der Waals surface area contributed by atoms with Crippen molar-refractivity contribution in [3.05, 3.63) is 40.7 Å². The molecule has 0 aliphatic heterocycles. The van der Waals surface area contributed by atoms with E-state index >= 15 is 0 Å². The van der Waals surface area contributed by atoms with Gasteiger partial charge in [0.25, 0.3) is 0 Å². The topological polar surface area (TPSA) is 137 Å². The number of carbonyl (C=O) groups excluding carboxylic acids is 2. The van der Waals surface area contributed by atoms with Gasteiger partial charge in [-0.2, -0.15) is 0 Å². The second-order valence-corrected chi connectivity index (χ2v) is 9.40. The normalized spacial score (nSPS) is 11.8. The van der Waals surface area contributed by atoms with Gasteiger partial charge in [-0.05, 0) is 51.5 Å². The molecule has 11 heteroatoms. The lowest BCUT2D eigenvalue weighted by Crippen LogP contribution is -2.11. The third-order valence-corrected chi connectivity index (χ3v) is 6.75. The number of ether oxygens (including phenoxy) is 1. The van der Waals surface area contributed by atoms with Crippen LogP contribution in [0.4, 0.5) is 0 Å². The SMILES string of the molecule is CCOC(=O)c1[nH]c(C)c(C(=O)CSc2nc3cc(S(N)(=O)=O)ccc3n2CC)c1C. The van der Waals surface area contributed by atoms with Crippen LogP contribution in [0.1, 0.15) is 46.0 Å². The number of H-pyrrole nitrogens is 1. The van der Waals surface area contributed by atoms with Crippen LogP contribution in [-0.2, 0) is 21.3 Å². The number of aryl methyl sites for hydroxylation is 2. The molecule has 0 radical (unpaired) electrons. The first-order valence-electron chi connectivity index (χ1n) is 9.63. The summed E-state index contributed by atoms with van der Waals surface area (Å²) >= 11 is 1.25. The molecule has 0 fully saturated rings. The fourth-order valence-electron chi connectivity index (χ4n) is 3.46. The van der Waals surface area contributed by atoms with Crippen LogP contribution in [0.15, 0.2) is 28.3 Å². The molecule has 31 heavy (non-hydrogen) atoms. The summed E-state index contributed by atoms with van der Waals surface area (Å²) < 4.78 is 30.2. The molecule has 0 spiro atoms. The number of primary sulfonamides is 1.